The molecule has 1 heterocycles. The molecule has 2 aliphatic rings. The van der Waals surface area contributed by atoms with Crippen molar-refractivity contribution in [2.24, 2.45) is 0 Å². The van der Waals surface area contributed by atoms with Gasteiger partial charge in [-0.1, -0.05) is 18.2 Å². The Balaban J connectivity index is 1.92. The lowest BCUT2D eigenvalue weighted by Crippen LogP contribution is -2.47. The van der Waals surface area contributed by atoms with Gasteiger partial charge in [-0.25, -0.2) is 8.42 Å². The summed E-state index contributed by atoms with van der Waals surface area (Å²) in [6, 6.07) is 7.83. The maximum absolute atomic E-state index is 12.9. The van der Waals surface area contributed by atoms with Gasteiger partial charge in [-0.05, 0) is 43.2 Å². The van der Waals surface area contributed by atoms with Gasteiger partial charge < -0.3 is 9.64 Å². The van der Waals surface area contributed by atoms with Crippen molar-refractivity contribution in [1.29, 1.82) is 0 Å². The molecule has 0 saturated heterocycles. The quantitative estimate of drug-likeness (QED) is 0.825. The smallest absolute Gasteiger partial charge is 0.248 e. The molecule has 0 N–H and O–H groups in total. The molecule has 5 nitrogen and oxygen atoms in total. The highest BCUT2D eigenvalue weighted by atomic mass is 32.2. The third-order valence-corrected chi connectivity index (χ3v) is 7.09. The molecule has 23 heavy (non-hydrogen) atoms. The predicted octanol–water partition coefficient (Wildman–Crippen LogP) is 2.12. The van der Waals surface area contributed by atoms with Gasteiger partial charge in [0.15, 0.2) is 14.6 Å². The average molecular weight is 337 g/mol. The normalized spacial score (nSPS) is 22.5. The summed E-state index contributed by atoms with van der Waals surface area (Å²) in [6.45, 7) is 1.25. The zero-order valence-corrected chi connectivity index (χ0v) is 14.4. The summed E-state index contributed by atoms with van der Waals surface area (Å²) >= 11 is 0. The molecule has 0 bridgehead atoms. The molecule has 1 atom stereocenters. The summed E-state index contributed by atoms with van der Waals surface area (Å²) in [6.07, 6.45) is 3.81. The molecule has 0 radical (unpaired) electrons. The van der Waals surface area contributed by atoms with Gasteiger partial charge in [0.2, 0.25) is 5.91 Å². The van der Waals surface area contributed by atoms with Crippen molar-refractivity contribution in [3.05, 3.63) is 29.8 Å². The number of carbonyl (C=O) groups is 1. The molecule has 3 rings (SSSR count). The molecule has 1 aromatic rings. The van der Waals surface area contributed by atoms with Gasteiger partial charge in [0.25, 0.3) is 0 Å². The van der Waals surface area contributed by atoms with Crippen LogP contribution >= 0.6 is 0 Å². The minimum atomic E-state index is -3.38. The fourth-order valence-electron chi connectivity index (χ4n) is 3.51. The molecule has 1 unspecified atom stereocenters. The van der Waals surface area contributed by atoms with Crippen LogP contribution in [0.25, 0.3) is 0 Å². The van der Waals surface area contributed by atoms with E-state index in [9.17, 15) is 13.2 Å². The van der Waals surface area contributed by atoms with Crippen molar-refractivity contribution in [2.45, 2.75) is 36.3 Å². The standard InChI is InChI=1S/C17H23NO4S/c1-22-12-8-13-7-11-18(15-6-4-3-5-14(13)15)16(19)17(9-10-17)23(2,20)21/h3-6,13H,7-12H2,1-2H3. The number of para-hydroxylation sites is 1. The van der Waals surface area contributed by atoms with Crippen LogP contribution < -0.4 is 4.90 Å². The molecule has 0 spiro atoms. The van der Waals surface area contributed by atoms with Crippen molar-refractivity contribution in [1.82, 2.24) is 0 Å². The molecular formula is C17H23NO4S. The van der Waals surface area contributed by atoms with Crippen LogP contribution in [-0.4, -0.2) is 45.6 Å². The van der Waals surface area contributed by atoms with Crippen molar-refractivity contribution < 1.29 is 17.9 Å². The zero-order valence-electron chi connectivity index (χ0n) is 13.6. The van der Waals surface area contributed by atoms with Crippen LogP contribution in [0.5, 0.6) is 0 Å². The molecule has 0 aromatic heterocycles. The van der Waals surface area contributed by atoms with Crippen LogP contribution in [0, 0.1) is 0 Å². The Hall–Kier alpha value is -1.40. The number of fused-ring (bicyclic) bond motifs is 1. The van der Waals surface area contributed by atoms with Crippen LogP contribution in [0.4, 0.5) is 5.69 Å². The van der Waals surface area contributed by atoms with E-state index in [1.165, 1.54) is 6.26 Å². The number of nitrogens with zero attached hydrogens (tertiary/aromatic N) is 1. The lowest BCUT2D eigenvalue weighted by Gasteiger charge is -2.36. The first-order chi connectivity index (χ1) is 10.9. The lowest BCUT2D eigenvalue weighted by atomic mass is 9.87. The number of anilines is 1. The number of sulfone groups is 1. The summed E-state index contributed by atoms with van der Waals surface area (Å²) < 4.78 is 28.1. The van der Waals surface area contributed by atoms with Crippen LogP contribution in [0.2, 0.25) is 0 Å². The van der Waals surface area contributed by atoms with Crippen LogP contribution in [-0.2, 0) is 19.4 Å². The van der Waals surface area contributed by atoms with Crippen LogP contribution in [0.1, 0.15) is 37.2 Å². The Kier molecular flexibility index (Phi) is 4.23. The Morgan fingerprint density at radius 3 is 2.65 bits per heavy atom. The number of hydrogen-bond acceptors (Lipinski definition) is 4. The highest BCUT2D eigenvalue weighted by molar-refractivity contribution is 7.93. The number of ether oxygens (including phenoxy) is 1. The van der Waals surface area contributed by atoms with Gasteiger partial charge in [-0.2, -0.15) is 0 Å². The molecule has 126 valence electrons. The van der Waals surface area contributed by atoms with E-state index in [2.05, 4.69) is 0 Å². The maximum atomic E-state index is 12.9. The summed E-state index contributed by atoms with van der Waals surface area (Å²) in [7, 11) is -1.69. The van der Waals surface area contributed by atoms with Crippen LogP contribution in [0.15, 0.2) is 24.3 Å². The molecule has 1 amide bonds. The van der Waals surface area contributed by atoms with Crippen molar-refractivity contribution in [2.75, 3.05) is 31.4 Å². The van der Waals surface area contributed by atoms with Crippen LogP contribution in [0.3, 0.4) is 0 Å². The topological polar surface area (TPSA) is 63.7 Å². The minimum absolute atomic E-state index is 0.252. The predicted molar refractivity (Wildman–Crippen MR) is 89.5 cm³/mol. The molecule has 6 heteroatoms. The minimum Gasteiger partial charge on any atom is -0.385 e. The summed E-state index contributed by atoms with van der Waals surface area (Å²) in [5.74, 6) is 0.0984. The second-order valence-corrected chi connectivity index (χ2v) is 8.87. The monoisotopic (exact) mass is 337 g/mol. The van der Waals surface area contributed by atoms with Crippen molar-refractivity contribution >= 4 is 21.4 Å². The van der Waals surface area contributed by atoms with Gasteiger partial charge >= 0.3 is 0 Å². The van der Waals surface area contributed by atoms with Crippen molar-refractivity contribution in [3.63, 3.8) is 0 Å². The second-order valence-electron chi connectivity index (χ2n) is 6.55. The summed E-state index contributed by atoms with van der Waals surface area (Å²) in [4.78, 5) is 14.6. The van der Waals surface area contributed by atoms with E-state index >= 15 is 0 Å². The maximum Gasteiger partial charge on any atom is 0.248 e. The summed E-state index contributed by atoms with van der Waals surface area (Å²) in [5.41, 5.74) is 1.98. The van der Waals surface area contributed by atoms with E-state index in [0.29, 0.717) is 31.9 Å². The number of rotatable bonds is 5. The first-order valence-corrected chi connectivity index (χ1v) is 9.89. The highest BCUT2D eigenvalue weighted by Crippen LogP contribution is 2.47. The summed E-state index contributed by atoms with van der Waals surface area (Å²) in [5, 5.41) is 0. The van der Waals surface area contributed by atoms with Gasteiger partial charge in [-0.3, -0.25) is 4.79 Å². The number of hydrogen-bond donors (Lipinski definition) is 0. The van der Waals surface area contributed by atoms with E-state index in [4.69, 9.17) is 4.74 Å². The van der Waals surface area contributed by atoms with E-state index in [1.807, 2.05) is 24.3 Å². The van der Waals surface area contributed by atoms with Crippen molar-refractivity contribution in [3.8, 4) is 0 Å². The molecule has 1 aliphatic carbocycles. The fourth-order valence-corrected chi connectivity index (χ4v) is 4.78. The first-order valence-electron chi connectivity index (χ1n) is 8.00. The lowest BCUT2D eigenvalue weighted by molar-refractivity contribution is -0.119. The van der Waals surface area contributed by atoms with Gasteiger partial charge in [-0.15, -0.1) is 0 Å². The van der Waals surface area contributed by atoms with E-state index in [1.54, 1.807) is 12.0 Å². The van der Waals surface area contributed by atoms with E-state index in [0.717, 1.165) is 24.1 Å². The first kappa shape index (κ1) is 16.5. The third-order valence-electron chi connectivity index (χ3n) is 5.09. The van der Waals surface area contributed by atoms with E-state index < -0.39 is 14.6 Å². The number of carbonyl (C=O) groups excluding carboxylic acids is 1. The number of methoxy groups -OCH3 is 1. The highest BCUT2D eigenvalue weighted by Gasteiger charge is 2.60. The Bertz CT molecular complexity index is 709. The molecule has 1 aliphatic heterocycles. The fraction of sp³-hybridized carbons (Fsp3) is 0.588. The average Bonchev–Trinajstić information content (AvgIpc) is 3.33. The Morgan fingerprint density at radius 2 is 2.04 bits per heavy atom. The molecule has 1 saturated carbocycles. The second kappa shape index (κ2) is 5.91. The largest absolute Gasteiger partial charge is 0.385 e. The zero-order chi connectivity index (χ0) is 16.7. The van der Waals surface area contributed by atoms with Gasteiger partial charge in [0.05, 0.1) is 0 Å². The SMILES string of the molecule is COCCC1CCN(C(=O)C2(S(C)(=O)=O)CC2)c2ccccc21. The van der Waals surface area contributed by atoms with Gasteiger partial charge in [0.1, 0.15) is 0 Å². The molecular weight excluding hydrogens is 314 g/mol. The molecule has 1 fully saturated rings. The number of amides is 1. The Labute approximate surface area is 137 Å². The number of benzene rings is 1. The Morgan fingerprint density at radius 1 is 1.35 bits per heavy atom. The van der Waals surface area contributed by atoms with E-state index in [-0.39, 0.29) is 5.91 Å². The molecule has 1 aromatic carbocycles. The van der Waals surface area contributed by atoms with Gasteiger partial charge in [0, 0.05) is 32.2 Å². The third kappa shape index (κ3) is 2.78.